The van der Waals surface area contributed by atoms with Crippen LogP contribution in [-0.2, 0) is 9.84 Å². The van der Waals surface area contributed by atoms with Gasteiger partial charge in [-0.1, -0.05) is 48.6 Å². The summed E-state index contributed by atoms with van der Waals surface area (Å²) in [6, 6.07) is 13.9. The van der Waals surface area contributed by atoms with Crippen LogP contribution in [0.5, 0.6) is 0 Å². The Labute approximate surface area is 198 Å². The minimum Gasteiger partial charge on any atom is -0.324 e. The Balaban J connectivity index is 1.55. The molecule has 4 aromatic rings. The average molecular weight is 499 g/mol. The van der Waals surface area contributed by atoms with Gasteiger partial charge in [0.2, 0.25) is 5.95 Å². The largest absolute Gasteiger partial charge is 0.324 e. The first-order chi connectivity index (χ1) is 15.5. The molecule has 33 heavy (non-hydrogen) atoms. The van der Waals surface area contributed by atoms with E-state index in [9.17, 15) is 8.42 Å². The van der Waals surface area contributed by atoms with Gasteiger partial charge in [-0.15, -0.1) is 5.10 Å². The average Bonchev–Trinajstić information content (AvgIpc) is 3.24. The first-order valence-electron chi connectivity index (χ1n) is 10.1. The minimum absolute atomic E-state index is 0.262. The van der Waals surface area contributed by atoms with Gasteiger partial charge in [-0.25, -0.2) is 23.1 Å². The Hall–Kier alpha value is -3.08. The molecule has 4 rings (SSSR count). The van der Waals surface area contributed by atoms with Gasteiger partial charge in [0.25, 0.3) is 0 Å². The summed E-state index contributed by atoms with van der Waals surface area (Å²) in [6.45, 7) is 6.64. The van der Waals surface area contributed by atoms with Gasteiger partial charge in [0.05, 0.1) is 26.6 Å². The summed E-state index contributed by atoms with van der Waals surface area (Å²) in [5.74, 6) is 0.394. The topological polar surface area (TPSA) is 103 Å². The summed E-state index contributed by atoms with van der Waals surface area (Å²) < 4.78 is 25.0. The van der Waals surface area contributed by atoms with Gasteiger partial charge in [-0.2, -0.15) is 0 Å². The van der Waals surface area contributed by atoms with E-state index in [4.69, 9.17) is 11.6 Å². The van der Waals surface area contributed by atoms with Crippen LogP contribution in [-0.4, -0.2) is 47.7 Å². The Morgan fingerprint density at radius 2 is 1.76 bits per heavy atom. The van der Waals surface area contributed by atoms with Gasteiger partial charge in [0, 0.05) is 29.9 Å². The molecule has 0 aliphatic heterocycles. The zero-order valence-corrected chi connectivity index (χ0v) is 21.2. The number of rotatable bonds is 6. The van der Waals surface area contributed by atoms with Crippen LogP contribution in [0.25, 0.3) is 16.9 Å². The lowest BCUT2D eigenvalue weighted by molar-refractivity contribution is 0.602. The van der Waals surface area contributed by atoms with Crippen molar-refractivity contribution in [2.45, 2.75) is 24.5 Å². The number of benzene rings is 2. The number of sulfone groups is 1. The minimum atomic E-state index is -3.25. The summed E-state index contributed by atoms with van der Waals surface area (Å²) in [4.78, 5) is 9.07. The number of hydrogen-bond acceptors (Lipinski definition) is 7. The van der Waals surface area contributed by atoms with Crippen molar-refractivity contribution in [2.24, 2.45) is 0 Å². The maximum Gasteiger partial charge on any atom is 0.227 e. The lowest BCUT2D eigenvalue weighted by atomic mass is 10.1. The highest BCUT2D eigenvalue weighted by Crippen LogP contribution is 2.26. The molecule has 2 heterocycles. The molecular weight excluding hydrogens is 476 g/mol. The molecule has 8 nitrogen and oxygen atoms in total. The van der Waals surface area contributed by atoms with Crippen LogP contribution in [0.3, 0.4) is 0 Å². The van der Waals surface area contributed by atoms with Gasteiger partial charge in [-0.05, 0) is 36.4 Å². The van der Waals surface area contributed by atoms with E-state index >= 15 is 0 Å². The number of nitrogens with zero attached hydrogens (tertiary/aromatic N) is 5. The quantitative estimate of drug-likeness (QED) is 0.399. The predicted octanol–water partition coefficient (Wildman–Crippen LogP) is 4.07. The highest BCUT2D eigenvalue weighted by molar-refractivity contribution is 7.90. The fraction of sp³-hybridized carbons (Fsp3) is 0.182. The van der Waals surface area contributed by atoms with Crippen molar-refractivity contribution in [3.63, 3.8) is 0 Å². The van der Waals surface area contributed by atoms with Gasteiger partial charge in [-0.3, -0.25) is 0 Å². The fourth-order valence-electron chi connectivity index (χ4n) is 3.08. The molecule has 0 aliphatic carbocycles. The number of hydrogen-bond donors (Lipinski definition) is 1. The molecule has 0 amide bonds. The number of aromatic nitrogens is 5. The molecule has 0 saturated heterocycles. The Morgan fingerprint density at radius 3 is 2.36 bits per heavy atom. The summed E-state index contributed by atoms with van der Waals surface area (Å²) in [6.07, 6.45) is 4.75. The van der Waals surface area contributed by atoms with Crippen LogP contribution < -0.4 is 10.6 Å². The summed E-state index contributed by atoms with van der Waals surface area (Å²) >= 11 is 6.53. The Kier molecular flexibility index (Phi) is 6.08. The van der Waals surface area contributed by atoms with Gasteiger partial charge in [0.1, 0.15) is 8.07 Å². The number of nitrogens with one attached hydrogen (secondary N) is 1. The van der Waals surface area contributed by atoms with E-state index in [2.05, 4.69) is 45.2 Å². The molecule has 0 saturated carbocycles. The van der Waals surface area contributed by atoms with Crippen molar-refractivity contribution in [3.05, 3.63) is 65.9 Å². The van der Waals surface area contributed by atoms with Crippen molar-refractivity contribution < 1.29 is 8.42 Å². The molecule has 0 radical (unpaired) electrons. The molecule has 0 unspecified atom stereocenters. The number of anilines is 2. The van der Waals surface area contributed by atoms with E-state index in [1.54, 1.807) is 47.3 Å². The van der Waals surface area contributed by atoms with E-state index in [1.165, 1.54) is 6.26 Å². The third-order valence-electron chi connectivity index (χ3n) is 4.95. The van der Waals surface area contributed by atoms with Crippen molar-refractivity contribution >= 4 is 46.5 Å². The smallest absolute Gasteiger partial charge is 0.227 e. The Bertz CT molecular complexity index is 1420. The fourth-order valence-corrected chi connectivity index (χ4v) is 4.83. The highest BCUT2D eigenvalue weighted by atomic mass is 35.5. The highest BCUT2D eigenvalue weighted by Gasteiger charge is 2.21. The molecule has 1 N–H and O–H groups in total. The molecular formula is C22H23ClN6O2SSi. The normalized spacial score (nSPS) is 12.0. The molecule has 0 bridgehead atoms. The first-order valence-corrected chi connectivity index (χ1v) is 15.9. The second kappa shape index (κ2) is 8.69. The maximum atomic E-state index is 11.7. The predicted molar refractivity (Wildman–Crippen MR) is 133 cm³/mol. The van der Waals surface area contributed by atoms with Crippen LogP contribution in [0.4, 0.5) is 11.6 Å². The van der Waals surface area contributed by atoms with Crippen LogP contribution in [0.1, 0.15) is 0 Å². The third-order valence-corrected chi connectivity index (χ3v) is 8.14. The third kappa shape index (κ3) is 5.29. The Morgan fingerprint density at radius 1 is 1.03 bits per heavy atom. The van der Waals surface area contributed by atoms with Crippen molar-refractivity contribution in [2.75, 3.05) is 11.6 Å². The summed E-state index contributed by atoms with van der Waals surface area (Å²) in [7, 11) is -4.82. The van der Waals surface area contributed by atoms with Gasteiger partial charge in [0.15, 0.2) is 9.84 Å². The van der Waals surface area contributed by atoms with E-state index < -0.39 is 17.9 Å². The zero-order chi connectivity index (χ0) is 23.8. The second-order valence-corrected chi connectivity index (χ2v) is 16.1. The van der Waals surface area contributed by atoms with Crippen LogP contribution in [0.2, 0.25) is 24.7 Å². The lowest BCUT2D eigenvalue weighted by Crippen LogP contribution is -2.38. The molecule has 2 aromatic carbocycles. The molecule has 0 fully saturated rings. The van der Waals surface area contributed by atoms with Crippen LogP contribution >= 0.6 is 11.6 Å². The molecule has 0 atom stereocenters. The SMILES string of the molecule is C[Si](C)(C)c1cn(-c2ccc(Nc3nccc(-c4ccc(S(C)(=O)=O)cc4)n3)cc2Cl)nn1. The first kappa shape index (κ1) is 23.1. The van der Waals surface area contributed by atoms with E-state index in [1.807, 2.05) is 18.3 Å². The molecule has 0 spiro atoms. The molecule has 2 aromatic heterocycles. The van der Waals surface area contributed by atoms with E-state index in [0.29, 0.717) is 16.7 Å². The zero-order valence-electron chi connectivity index (χ0n) is 18.6. The van der Waals surface area contributed by atoms with E-state index in [-0.39, 0.29) is 4.90 Å². The number of halogens is 1. The molecule has 170 valence electrons. The van der Waals surface area contributed by atoms with Crippen molar-refractivity contribution in [3.8, 4) is 16.9 Å². The standard InChI is InChI=1S/C22H23ClN6O2SSi/c1-32(30,31)17-8-5-15(6-9-17)19-11-12-24-22(26-19)25-16-7-10-20(18(23)13-16)29-14-21(27-28-29)33(2,3)4/h5-14H,1-4H3,(H,24,25,26). The van der Waals surface area contributed by atoms with Crippen LogP contribution in [0.15, 0.2) is 65.8 Å². The van der Waals surface area contributed by atoms with E-state index in [0.717, 1.165) is 22.3 Å². The van der Waals surface area contributed by atoms with Crippen molar-refractivity contribution in [1.29, 1.82) is 0 Å². The lowest BCUT2D eigenvalue weighted by Gasteiger charge is -2.11. The second-order valence-electron chi connectivity index (χ2n) is 8.65. The summed E-state index contributed by atoms with van der Waals surface area (Å²) in [5, 5.41) is 13.2. The van der Waals surface area contributed by atoms with Gasteiger partial charge < -0.3 is 5.32 Å². The van der Waals surface area contributed by atoms with Crippen LogP contribution in [0, 0.1) is 0 Å². The van der Waals surface area contributed by atoms with Gasteiger partial charge >= 0.3 is 0 Å². The summed E-state index contributed by atoms with van der Waals surface area (Å²) in [5.41, 5.74) is 2.90. The maximum absolute atomic E-state index is 11.7. The monoisotopic (exact) mass is 498 g/mol. The van der Waals surface area contributed by atoms with Crippen molar-refractivity contribution in [1.82, 2.24) is 25.0 Å². The molecule has 11 heteroatoms. The molecule has 0 aliphatic rings.